The Morgan fingerprint density at radius 3 is 2.91 bits per heavy atom. The van der Waals surface area contributed by atoms with Crippen molar-refractivity contribution in [3.63, 3.8) is 0 Å². The molecule has 0 radical (unpaired) electrons. The van der Waals surface area contributed by atoms with E-state index >= 15 is 0 Å². The molecule has 0 saturated carbocycles. The first-order chi connectivity index (χ1) is 10.8. The number of nitrogens with zero attached hydrogens (tertiary/aromatic N) is 1. The molecule has 1 atom stereocenters. The topological polar surface area (TPSA) is 64.1 Å². The van der Waals surface area contributed by atoms with Crippen molar-refractivity contribution >= 4 is 11.6 Å². The monoisotopic (exact) mass is 307 g/mol. The van der Waals surface area contributed by atoms with Crippen molar-refractivity contribution < 1.29 is 14.2 Å². The second-order valence-corrected chi connectivity index (χ2v) is 5.01. The Hall–Kier alpha value is -1.95. The fourth-order valence-electron chi connectivity index (χ4n) is 2.35. The van der Waals surface area contributed by atoms with Crippen molar-refractivity contribution in [3.8, 4) is 11.5 Å². The summed E-state index contributed by atoms with van der Waals surface area (Å²) in [6, 6.07) is 5.72. The fourth-order valence-corrected chi connectivity index (χ4v) is 2.35. The Kier molecular flexibility index (Phi) is 6.33. The third-order valence-electron chi connectivity index (χ3n) is 3.47. The predicted molar refractivity (Wildman–Crippen MR) is 88.1 cm³/mol. The molecule has 1 unspecified atom stereocenters. The average molecular weight is 307 g/mol. The number of anilines is 1. The summed E-state index contributed by atoms with van der Waals surface area (Å²) in [6.07, 6.45) is 2.50. The minimum absolute atomic E-state index is 0.272. The quantitative estimate of drug-likeness (QED) is 0.623. The zero-order valence-corrected chi connectivity index (χ0v) is 13.5. The summed E-state index contributed by atoms with van der Waals surface area (Å²) < 4.78 is 16.5. The normalized spacial score (nSPS) is 18.1. The van der Waals surface area contributed by atoms with Crippen LogP contribution in [0, 0.1) is 0 Å². The molecule has 1 fully saturated rings. The van der Waals surface area contributed by atoms with Crippen molar-refractivity contribution in [2.75, 3.05) is 39.2 Å². The number of guanidine groups is 1. The van der Waals surface area contributed by atoms with E-state index in [0.29, 0.717) is 18.3 Å². The van der Waals surface area contributed by atoms with Crippen LogP contribution in [-0.4, -0.2) is 46.0 Å². The highest BCUT2D eigenvalue weighted by atomic mass is 16.5. The van der Waals surface area contributed by atoms with E-state index in [4.69, 9.17) is 14.2 Å². The number of hydrogen-bond donors (Lipinski definition) is 2. The number of nitrogens with one attached hydrogen (secondary N) is 2. The van der Waals surface area contributed by atoms with Gasteiger partial charge in [-0.15, -0.1) is 0 Å². The SMILES string of the molecule is CCOc1ccc(NC(=NC)NCC2CCCO2)cc1OC. The van der Waals surface area contributed by atoms with E-state index < -0.39 is 0 Å². The summed E-state index contributed by atoms with van der Waals surface area (Å²) in [7, 11) is 3.38. The van der Waals surface area contributed by atoms with Gasteiger partial charge in [-0.1, -0.05) is 0 Å². The van der Waals surface area contributed by atoms with Crippen LogP contribution in [0.25, 0.3) is 0 Å². The Labute approximate surface area is 131 Å². The minimum Gasteiger partial charge on any atom is -0.493 e. The number of rotatable bonds is 6. The zero-order valence-electron chi connectivity index (χ0n) is 13.5. The fraction of sp³-hybridized carbons (Fsp3) is 0.562. The predicted octanol–water partition coefficient (Wildman–Crippen LogP) is 2.26. The summed E-state index contributed by atoms with van der Waals surface area (Å²) in [5, 5.41) is 6.52. The summed E-state index contributed by atoms with van der Waals surface area (Å²) in [5.74, 6) is 2.14. The molecular formula is C16H25N3O3. The molecule has 0 bridgehead atoms. The molecule has 2 N–H and O–H groups in total. The van der Waals surface area contributed by atoms with Crippen LogP contribution >= 0.6 is 0 Å². The number of aliphatic imine (C=N–C) groups is 1. The molecule has 6 nitrogen and oxygen atoms in total. The summed E-state index contributed by atoms with van der Waals surface area (Å²) in [4.78, 5) is 4.23. The molecule has 2 rings (SSSR count). The lowest BCUT2D eigenvalue weighted by Crippen LogP contribution is -2.36. The average Bonchev–Trinajstić information content (AvgIpc) is 3.06. The molecule has 1 aromatic carbocycles. The molecule has 6 heteroatoms. The molecule has 0 aromatic heterocycles. The van der Waals surface area contributed by atoms with E-state index in [0.717, 1.165) is 37.4 Å². The van der Waals surface area contributed by atoms with Crippen LogP contribution in [0.15, 0.2) is 23.2 Å². The van der Waals surface area contributed by atoms with Gasteiger partial charge in [-0.2, -0.15) is 0 Å². The summed E-state index contributed by atoms with van der Waals surface area (Å²) in [6.45, 7) is 4.17. The molecule has 1 aliphatic heterocycles. The van der Waals surface area contributed by atoms with Crippen LogP contribution in [0.1, 0.15) is 19.8 Å². The van der Waals surface area contributed by atoms with Crippen LogP contribution in [0.4, 0.5) is 5.69 Å². The number of benzene rings is 1. The van der Waals surface area contributed by atoms with E-state index in [1.807, 2.05) is 25.1 Å². The highest BCUT2D eigenvalue weighted by Crippen LogP contribution is 2.30. The van der Waals surface area contributed by atoms with Gasteiger partial charge < -0.3 is 24.8 Å². The molecule has 1 aliphatic rings. The van der Waals surface area contributed by atoms with E-state index in [-0.39, 0.29) is 6.10 Å². The molecule has 122 valence electrons. The molecule has 0 aliphatic carbocycles. The van der Waals surface area contributed by atoms with E-state index in [1.54, 1.807) is 14.2 Å². The second kappa shape index (κ2) is 8.48. The van der Waals surface area contributed by atoms with Gasteiger partial charge in [0.05, 0.1) is 19.8 Å². The lowest BCUT2D eigenvalue weighted by Gasteiger charge is -2.16. The molecule has 22 heavy (non-hydrogen) atoms. The highest BCUT2D eigenvalue weighted by molar-refractivity contribution is 5.93. The van der Waals surface area contributed by atoms with Gasteiger partial charge in [-0.05, 0) is 31.9 Å². The number of hydrogen-bond acceptors (Lipinski definition) is 4. The van der Waals surface area contributed by atoms with Crippen LogP contribution in [0.3, 0.4) is 0 Å². The van der Waals surface area contributed by atoms with Gasteiger partial charge in [0.25, 0.3) is 0 Å². The van der Waals surface area contributed by atoms with Crippen LogP contribution in [0.5, 0.6) is 11.5 Å². The molecular weight excluding hydrogens is 282 g/mol. The first-order valence-electron chi connectivity index (χ1n) is 7.67. The Morgan fingerprint density at radius 1 is 1.41 bits per heavy atom. The van der Waals surface area contributed by atoms with E-state index in [2.05, 4.69) is 15.6 Å². The van der Waals surface area contributed by atoms with Crippen molar-refractivity contribution in [2.24, 2.45) is 4.99 Å². The van der Waals surface area contributed by atoms with E-state index in [9.17, 15) is 0 Å². The first kappa shape index (κ1) is 16.4. The van der Waals surface area contributed by atoms with Gasteiger partial charge in [0.1, 0.15) is 0 Å². The maximum absolute atomic E-state index is 5.60. The lowest BCUT2D eigenvalue weighted by atomic mass is 10.2. The maximum atomic E-state index is 5.60. The van der Waals surface area contributed by atoms with Gasteiger partial charge in [0.2, 0.25) is 0 Å². The van der Waals surface area contributed by atoms with Gasteiger partial charge in [-0.25, -0.2) is 0 Å². The minimum atomic E-state index is 0.272. The van der Waals surface area contributed by atoms with Gasteiger partial charge in [0, 0.05) is 32.0 Å². The van der Waals surface area contributed by atoms with Gasteiger partial charge >= 0.3 is 0 Å². The lowest BCUT2D eigenvalue weighted by molar-refractivity contribution is 0.114. The smallest absolute Gasteiger partial charge is 0.195 e. The van der Waals surface area contributed by atoms with Crippen LogP contribution in [-0.2, 0) is 4.74 Å². The summed E-state index contributed by atoms with van der Waals surface area (Å²) in [5.41, 5.74) is 0.890. The zero-order chi connectivity index (χ0) is 15.8. The molecule has 1 heterocycles. The second-order valence-electron chi connectivity index (χ2n) is 5.01. The van der Waals surface area contributed by atoms with Crippen molar-refractivity contribution in [1.82, 2.24) is 5.32 Å². The van der Waals surface area contributed by atoms with E-state index in [1.165, 1.54) is 0 Å². The molecule has 1 aromatic rings. The summed E-state index contributed by atoms with van der Waals surface area (Å²) >= 11 is 0. The van der Waals surface area contributed by atoms with Crippen molar-refractivity contribution in [2.45, 2.75) is 25.9 Å². The Balaban J connectivity index is 1.95. The molecule has 0 amide bonds. The van der Waals surface area contributed by atoms with Crippen LogP contribution < -0.4 is 20.1 Å². The molecule has 1 saturated heterocycles. The van der Waals surface area contributed by atoms with Crippen molar-refractivity contribution in [3.05, 3.63) is 18.2 Å². The largest absolute Gasteiger partial charge is 0.493 e. The Bertz CT molecular complexity index is 499. The molecule has 0 spiro atoms. The third kappa shape index (κ3) is 4.53. The Morgan fingerprint density at radius 2 is 2.27 bits per heavy atom. The third-order valence-corrected chi connectivity index (χ3v) is 3.47. The first-order valence-corrected chi connectivity index (χ1v) is 7.67. The maximum Gasteiger partial charge on any atom is 0.195 e. The highest BCUT2D eigenvalue weighted by Gasteiger charge is 2.15. The van der Waals surface area contributed by atoms with Crippen molar-refractivity contribution in [1.29, 1.82) is 0 Å². The standard InChI is InChI=1S/C16H25N3O3/c1-4-21-14-8-7-12(10-15(14)20-3)19-16(17-2)18-11-13-6-5-9-22-13/h7-8,10,13H,4-6,9,11H2,1-3H3,(H2,17,18,19). The number of methoxy groups -OCH3 is 1. The van der Waals surface area contributed by atoms with Gasteiger partial charge in [0.15, 0.2) is 17.5 Å². The van der Waals surface area contributed by atoms with Gasteiger partial charge in [-0.3, -0.25) is 4.99 Å². The number of ether oxygens (including phenoxy) is 3. The van der Waals surface area contributed by atoms with Crippen LogP contribution in [0.2, 0.25) is 0 Å².